The third-order valence-corrected chi connectivity index (χ3v) is 6.40. The summed E-state index contributed by atoms with van der Waals surface area (Å²) >= 11 is 0. The van der Waals surface area contributed by atoms with Crippen LogP contribution in [0.25, 0.3) is 11.0 Å². The summed E-state index contributed by atoms with van der Waals surface area (Å²) in [5.41, 5.74) is 8.02. The smallest absolute Gasteiger partial charge is 0.250 e. The number of piperidine rings is 1. The van der Waals surface area contributed by atoms with Gasteiger partial charge in [-0.2, -0.15) is 0 Å². The van der Waals surface area contributed by atoms with Crippen LogP contribution < -0.4 is 5.73 Å². The standard InChI is InChI=1S/C22H33N5O/c1-2-10-25-13-8-17(9-14-25)22-24-20-18(21(23)28)6-5-7-19(20)27(22)16-15-26-11-3-4-12-26/h5-7,17H,2-4,8-16H2,1H3,(H2,23,28). The predicted molar refractivity (Wildman–Crippen MR) is 113 cm³/mol. The Labute approximate surface area is 167 Å². The topological polar surface area (TPSA) is 67.4 Å². The number of nitrogens with two attached hydrogens (primary N) is 1. The van der Waals surface area contributed by atoms with Crippen LogP contribution in [0.3, 0.4) is 0 Å². The number of benzene rings is 1. The van der Waals surface area contributed by atoms with Crippen LogP contribution in [0.1, 0.15) is 61.1 Å². The van der Waals surface area contributed by atoms with E-state index >= 15 is 0 Å². The fourth-order valence-corrected chi connectivity index (χ4v) is 4.89. The molecule has 0 aliphatic carbocycles. The summed E-state index contributed by atoms with van der Waals surface area (Å²) in [6, 6.07) is 5.83. The second-order valence-electron chi connectivity index (χ2n) is 8.32. The number of fused-ring (bicyclic) bond motifs is 1. The van der Waals surface area contributed by atoms with Gasteiger partial charge in [0.1, 0.15) is 11.3 Å². The van der Waals surface area contributed by atoms with Gasteiger partial charge in [0, 0.05) is 19.0 Å². The Balaban J connectivity index is 1.64. The van der Waals surface area contributed by atoms with E-state index < -0.39 is 0 Å². The van der Waals surface area contributed by atoms with E-state index in [2.05, 4.69) is 27.4 Å². The first-order valence-electron chi connectivity index (χ1n) is 10.9. The highest BCUT2D eigenvalue weighted by molar-refractivity contribution is 6.04. The number of hydrogen-bond acceptors (Lipinski definition) is 4. The van der Waals surface area contributed by atoms with Crippen molar-refractivity contribution < 1.29 is 4.79 Å². The molecule has 1 aromatic heterocycles. The maximum absolute atomic E-state index is 12.0. The first-order chi connectivity index (χ1) is 13.7. The highest BCUT2D eigenvalue weighted by Crippen LogP contribution is 2.31. The Morgan fingerprint density at radius 3 is 2.46 bits per heavy atom. The zero-order valence-corrected chi connectivity index (χ0v) is 17.1. The number of aromatic nitrogens is 2. The van der Waals surface area contributed by atoms with Crippen molar-refractivity contribution in [2.75, 3.05) is 39.3 Å². The third kappa shape index (κ3) is 3.94. The zero-order chi connectivity index (χ0) is 19.5. The van der Waals surface area contributed by atoms with Crippen LogP contribution in [-0.2, 0) is 6.54 Å². The van der Waals surface area contributed by atoms with Crippen molar-refractivity contribution in [1.29, 1.82) is 0 Å². The molecule has 1 aromatic carbocycles. The Hall–Kier alpha value is -1.92. The van der Waals surface area contributed by atoms with E-state index in [0.717, 1.165) is 55.9 Å². The molecule has 2 aliphatic heterocycles. The van der Waals surface area contributed by atoms with E-state index in [-0.39, 0.29) is 5.91 Å². The summed E-state index contributed by atoms with van der Waals surface area (Å²) in [6.45, 7) is 10.1. The minimum atomic E-state index is -0.390. The number of carbonyl (C=O) groups is 1. The molecule has 2 aliphatic rings. The molecule has 0 spiro atoms. The first-order valence-corrected chi connectivity index (χ1v) is 10.9. The van der Waals surface area contributed by atoms with Crippen LogP contribution in [0.5, 0.6) is 0 Å². The molecule has 0 bridgehead atoms. The maximum atomic E-state index is 12.0. The molecule has 2 aromatic rings. The van der Waals surface area contributed by atoms with E-state index in [0.29, 0.717) is 11.5 Å². The fourth-order valence-electron chi connectivity index (χ4n) is 4.89. The molecule has 4 rings (SSSR count). The minimum absolute atomic E-state index is 0.390. The Bertz CT molecular complexity index is 816. The fraction of sp³-hybridized carbons (Fsp3) is 0.636. The number of rotatable bonds is 7. The lowest BCUT2D eigenvalue weighted by Crippen LogP contribution is -2.34. The average Bonchev–Trinajstić information content (AvgIpc) is 3.34. The summed E-state index contributed by atoms with van der Waals surface area (Å²) in [5.74, 6) is 1.22. The van der Waals surface area contributed by atoms with Crippen LogP contribution in [0.4, 0.5) is 0 Å². The van der Waals surface area contributed by atoms with E-state index in [1.807, 2.05) is 6.07 Å². The summed E-state index contributed by atoms with van der Waals surface area (Å²) < 4.78 is 2.38. The van der Waals surface area contributed by atoms with Gasteiger partial charge in [-0.3, -0.25) is 4.79 Å². The summed E-state index contributed by atoms with van der Waals surface area (Å²) in [5, 5.41) is 0. The lowest BCUT2D eigenvalue weighted by molar-refractivity contribution is 0.100. The lowest BCUT2D eigenvalue weighted by atomic mass is 9.95. The normalized spacial score (nSPS) is 19.6. The molecule has 6 nitrogen and oxygen atoms in total. The van der Waals surface area contributed by atoms with Gasteiger partial charge in [-0.25, -0.2) is 4.98 Å². The van der Waals surface area contributed by atoms with E-state index in [1.165, 1.54) is 38.9 Å². The van der Waals surface area contributed by atoms with Crippen molar-refractivity contribution in [2.24, 2.45) is 5.73 Å². The Morgan fingerprint density at radius 1 is 1.07 bits per heavy atom. The van der Waals surface area contributed by atoms with Crippen molar-refractivity contribution in [3.05, 3.63) is 29.6 Å². The van der Waals surface area contributed by atoms with E-state index in [1.54, 1.807) is 6.07 Å². The predicted octanol–water partition coefficient (Wildman–Crippen LogP) is 2.82. The lowest BCUT2D eigenvalue weighted by Gasteiger charge is -2.31. The SMILES string of the molecule is CCCN1CCC(c2nc3c(C(N)=O)cccc3n2CCN2CCCC2)CC1. The number of hydrogen-bond donors (Lipinski definition) is 1. The van der Waals surface area contributed by atoms with Crippen molar-refractivity contribution in [2.45, 2.75) is 51.5 Å². The second kappa shape index (κ2) is 8.62. The van der Waals surface area contributed by atoms with Gasteiger partial charge < -0.3 is 20.1 Å². The highest BCUT2D eigenvalue weighted by Gasteiger charge is 2.26. The van der Waals surface area contributed by atoms with Gasteiger partial charge in [0.25, 0.3) is 5.91 Å². The van der Waals surface area contributed by atoms with Crippen LogP contribution in [0.2, 0.25) is 0 Å². The number of carbonyl (C=O) groups excluding carboxylic acids is 1. The van der Waals surface area contributed by atoms with Crippen LogP contribution in [-0.4, -0.2) is 64.5 Å². The van der Waals surface area contributed by atoms with E-state index in [9.17, 15) is 4.79 Å². The van der Waals surface area contributed by atoms with Crippen molar-refractivity contribution in [1.82, 2.24) is 19.4 Å². The molecular weight excluding hydrogens is 350 g/mol. The van der Waals surface area contributed by atoms with E-state index in [4.69, 9.17) is 10.7 Å². The average molecular weight is 384 g/mol. The molecule has 3 heterocycles. The molecule has 6 heteroatoms. The number of nitrogens with zero attached hydrogens (tertiary/aromatic N) is 4. The number of primary amides is 1. The van der Waals surface area contributed by atoms with Crippen molar-refractivity contribution in [3.8, 4) is 0 Å². The monoisotopic (exact) mass is 383 g/mol. The molecule has 2 saturated heterocycles. The number of likely N-dealkylation sites (tertiary alicyclic amines) is 2. The van der Waals surface area contributed by atoms with Crippen molar-refractivity contribution in [3.63, 3.8) is 0 Å². The van der Waals surface area contributed by atoms with Gasteiger partial charge in [0.2, 0.25) is 0 Å². The Morgan fingerprint density at radius 2 is 1.79 bits per heavy atom. The summed E-state index contributed by atoms with van der Waals surface area (Å²) in [6.07, 6.45) is 6.09. The quantitative estimate of drug-likeness (QED) is 0.798. The number of imidazole rings is 1. The molecule has 2 N–H and O–H groups in total. The second-order valence-corrected chi connectivity index (χ2v) is 8.32. The molecule has 1 amide bonds. The summed E-state index contributed by atoms with van der Waals surface area (Å²) in [4.78, 5) is 22.0. The molecular formula is C22H33N5O. The van der Waals surface area contributed by atoms with Crippen molar-refractivity contribution >= 4 is 16.9 Å². The molecule has 28 heavy (non-hydrogen) atoms. The van der Waals surface area contributed by atoms with Crippen LogP contribution in [0, 0.1) is 0 Å². The van der Waals surface area contributed by atoms with Gasteiger partial charge in [-0.05, 0) is 77.0 Å². The van der Waals surface area contributed by atoms with Gasteiger partial charge in [-0.15, -0.1) is 0 Å². The van der Waals surface area contributed by atoms with Crippen LogP contribution >= 0.6 is 0 Å². The van der Waals surface area contributed by atoms with Crippen LogP contribution in [0.15, 0.2) is 18.2 Å². The highest BCUT2D eigenvalue weighted by atomic mass is 16.1. The molecule has 0 atom stereocenters. The summed E-state index contributed by atoms with van der Waals surface area (Å²) in [7, 11) is 0. The number of para-hydroxylation sites is 1. The maximum Gasteiger partial charge on any atom is 0.250 e. The third-order valence-electron chi connectivity index (χ3n) is 6.40. The van der Waals surface area contributed by atoms with Gasteiger partial charge in [0.05, 0.1) is 11.1 Å². The zero-order valence-electron chi connectivity index (χ0n) is 17.1. The number of amides is 1. The molecule has 0 saturated carbocycles. The van der Waals surface area contributed by atoms with Gasteiger partial charge in [-0.1, -0.05) is 13.0 Å². The van der Waals surface area contributed by atoms with Gasteiger partial charge in [0.15, 0.2) is 0 Å². The minimum Gasteiger partial charge on any atom is -0.366 e. The molecule has 0 unspecified atom stereocenters. The largest absolute Gasteiger partial charge is 0.366 e. The first kappa shape index (κ1) is 19.4. The molecule has 152 valence electrons. The van der Waals surface area contributed by atoms with Gasteiger partial charge >= 0.3 is 0 Å². The Kier molecular flexibility index (Phi) is 5.97. The molecule has 2 fully saturated rings. The molecule has 0 radical (unpaired) electrons.